The molecular weight excluding hydrogens is 200 g/mol. The van der Waals surface area contributed by atoms with Crippen molar-refractivity contribution in [3.8, 4) is 10.6 Å². The van der Waals surface area contributed by atoms with Crippen molar-refractivity contribution >= 4 is 27.8 Å². The number of rotatable bonds is 1. The molecule has 0 aliphatic carbocycles. The average Bonchev–Trinajstić information content (AvgIpc) is 2.58. The van der Waals surface area contributed by atoms with Crippen molar-refractivity contribution in [1.29, 1.82) is 0 Å². The maximum atomic E-state index is 5.65. The van der Waals surface area contributed by atoms with E-state index < -0.39 is 0 Å². The molecule has 0 fully saturated rings. The van der Waals surface area contributed by atoms with E-state index in [1.54, 1.807) is 22.7 Å². The number of hydrogen-bond acceptors (Lipinski definition) is 4. The van der Waals surface area contributed by atoms with Crippen LogP contribution in [0.25, 0.3) is 10.6 Å². The van der Waals surface area contributed by atoms with Crippen molar-refractivity contribution in [2.45, 2.75) is 13.8 Å². The minimum absolute atomic E-state index is 0.653. The lowest BCUT2D eigenvalue weighted by atomic mass is 10.2. The lowest BCUT2D eigenvalue weighted by Crippen LogP contribution is -1.82. The summed E-state index contributed by atoms with van der Waals surface area (Å²) >= 11 is 3.27. The fourth-order valence-electron chi connectivity index (χ4n) is 1.24. The van der Waals surface area contributed by atoms with Crippen molar-refractivity contribution in [1.82, 2.24) is 4.98 Å². The van der Waals surface area contributed by atoms with E-state index in [1.165, 1.54) is 15.3 Å². The van der Waals surface area contributed by atoms with Crippen LogP contribution in [0.5, 0.6) is 0 Å². The van der Waals surface area contributed by atoms with Crippen LogP contribution in [-0.2, 0) is 0 Å². The zero-order chi connectivity index (χ0) is 9.42. The minimum atomic E-state index is 0.653. The smallest absolute Gasteiger partial charge is 0.180 e. The Hall–Kier alpha value is -0.870. The Morgan fingerprint density at radius 2 is 2.15 bits per heavy atom. The van der Waals surface area contributed by atoms with Gasteiger partial charge in [-0.15, -0.1) is 22.7 Å². The highest BCUT2D eigenvalue weighted by atomic mass is 32.1. The maximum absolute atomic E-state index is 5.65. The number of aryl methyl sites for hydroxylation is 2. The molecule has 0 unspecified atom stereocenters. The van der Waals surface area contributed by atoms with Gasteiger partial charge in [0.2, 0.25) is 0 Å². The zero-order valence-electron chi connectivity index (χ0n) is 7.50. The molecule has 2 rings (SSSR count). The van der Waals surface area contributed by atoms with Crippen molar-refractivity contribution in [3.63, 3.8) is 0 Å². The van der Waals surface area contributed by atoms with Crippen LogP contribution in [0, 0.1) is 13.8 Å². The van der Waals surface area contributed by atoms with Crippen LogP contribution < -0.4 is 5.73 Å². The van der Waals surface area contributed by atoms with E-state index in [0.717, 1.165) is 5.69 Å². The fourth-order valence-corrected chi connectivity index (χ4v) is 2.98. The van der Waals surface area contributed by atoms with Crippen molar-refractivity contribution in [3.05, 3.63) is 21.9 Å². The largest absolute Gasteiger partial charge is 0.375 e. The topological polar surface area (TPSA) is 38.9 Å². The molecule has 0 bridgehead atoms. The first-order valence-corrected chi connectivity index (χ1v) is 5.65. The van der Waals surface area contributed by atoms with E-state index in [-0.39, 0.29) is 0 Å². The molecule has 0 radical (unpaired) electrons. The first-order chi connectivity index (χ1) is 6.18. The number of aromatic nitrogens is 1. The van der Waals surface area contributed by atoms with Gasteiger partial charge in [0.25, 0.3) is 0 Å². The molecule has 0 saturated heterocycles. The molecule has 68 valence electrons. The van der Waals surface area contributed by atoms with Gasteiger partial charge in [-0.25, -0.2) is 4.98 Å². The molecular formula is C9H10N2S2. The summed E-state index contributed by atoms with van der Waals surface area (Å²) < 4.78 is 0. The van der Waals surface area contributed by atoms with Crippen LogP contribution in [-0.4, -0.2) is 4.98 Å². The average molecular weight is 210 g/mol. The molecule has 0 amide bonds. The highest BCUT2D eigenvalue weighted by Crippen LogP contribution is 2.34. The monoisotopic (exact) mass is 210 g/mol. The number of nitrogens with two attached hydrogens (primary N) is 1. The Bertz CT molecular complexity index is 429. The normalized spacial score (nSPS) is 10.6. The number of hydrogen-bond donors (Lipinski definition) is 1. The number of nitrogens with zero attached hydrogens (tertiary/aromatic N) is 1. The molecule has 2 aromatic heterocycles. The van der Waals surface area contributed by atoms with Crippen LogP contribution in [0.2, 0.25) is 0 Å². The molecule has 0 aliphatic heterocycles. The molecule has 0 aliphatic rings. The molecule has 0 saturated carbocycles. The summed E-state index contributed by atoms with van der Waals surface area (Å²) in [6, 6.07) is 2.11. The lowest BCUT2D eigenvalue weighted by Gasteiger charge is -1.94. The van der Waals surface area contributed by atoms with Gasteiger partial charge in [0.05, 0.1) is 10.6 Å². The Morgan fingerprint density at radius 1 is 1.38 bits per heavy atom. The van der Waals surface area contributed by atoms with Crippen molar-refractivity contribution in [2.24, 2.45) is 0 Å². The standard InChI is InChI=1S/C9H10N2S2/c1-5-3-4-12-8(5)7-6(2)13-9(10)11-7/h3-4H,1-2H3,(H2,10,11). The molecule has 2 heterocycles. The van der Waals surface area contributed by atoms with Gasteiger partial charge in [0.15, 0.2) is 5.13 Å². The minimum Gasteiger partial charge on any atom is -0.375 e. The third-order valence-corrected chi connectivity index (χ3v) is 3.71. The third kappa shape index (κ3) is 1.47. The van der Waals surface area contributed by atoms with Gasteiger partial charge in [-0.3, -0.25) is 0 Å². The zero-order valence-corrected chi connectivity index (χ0v) is 9.13. The molecule has 2 nitrogen and oxygen atoms in total. The van der Waals surface area contributed by atoms with E-state index in [4.69, 9.17) is 5.73 Å². The fraction of sp³-hybridized carbons (Fsp3) is 0.222. The third-order valence-electron chi connectivity index (χ3n) is 1.89. The predicted molar refractivity (Wildman–Crippen MR) is 59.3 cm³/mol. The van der Waals surface area contributed by atoms with Gasteiger partial charge >= 0.3 is 0 Å². The summed E-state index contributed by atoms with van der Waals surface area (Å²) in [5.74, 6) is 0. The van der Waals surface area contributed by atoms with E-state index >= 15 is 0 Å². The molecule has 2 aromatic rings. The van der Waals surface area contributed by atoms with Gasteiger partial charge in [-0.2, -0.15) is 0 Å². The highest BCUT2D eigenvalue weighted by molar-refractivity contribution is 7.17. The van der Waals surface area contributed by atoms with Gasteiger partial charge in [-0.1, -0.05) is 0 Å². The molecule has 13 heavy (non-hydrogen) atoms. The first kappa shape index (κ1) is 8.72. The first-order valence-electron chi connectivity index (χ1n) is 3.96. The molecule has 2 N–H and O–H groups in total. The second-order valence-corrected chi connectivity index (χ2v) is 5.04. The van der Waals surface area contributed by atoms with E-state index in [9.17, 15) is 0 Å². The highest BCUT2D eigenvalue weighted by Gasteiger charge is 2.10. The van der Waals surface area contributed by atoms with E-state index in [2.05, 4.69) is 30.3 Å². The molecule has 4 heteroatoms. The lowest BCUT2D eigenvalue weighted by molar-refractivity contribution is 1.38. The summed E-state index contributed by atoms with van der Waals surface area (Å²) in [4.78, 5) is 6.76. The molecule has 0 atom stereocenters. The molecule has 0 aromatic carbocycles. The Kier molecular flexibility index (Phi) is 2.09. The molecule has 0 spiro atoms. The second-order valence-electron chi connectivity index (χ2n) is 2.89. The maximum Gasteiger partial charge on any atom is 0.180 e. The summed E-state index contributed by atoms with van der Waals surface area (Å²) in [6.45, 7) is 4.16. The second kappa shape index (κ2) is 3.12. The van der Waals surface area contributed by atoms with Crippen LogP contribution in [0.3, 0.4) is 0 Å². The van der Waals surface area contributed by atoms with Gasteiger partial charge in [0.1, 0.15) is 0 Å². The van der Waals surface area contributed by atoms with Crippen LogP contribution >= 0.6 is 22.7 Å². The number of thiophene rings is 1. The summed E-state index contributed by atoms with van der Waals surface area (Å²) in [6.07, 6.45) is 0. The van der Waals surface area contributed by atoms with E-state index in [0.29, 0.717) is 5.13 Å². The van der Waals surface area contributed by atoms with Gasteiger partial charge < -0.3 is 5.73 Å². The van der Waals surface area contributed by atoms with Crippen LogP contribution in [0.1, 0.15) is 10.4 Å². The quantitative estimate of drug-likeness (QED) is 0.785. The number of nitrogen functional groups attached to an aromatic ring is 1. The Balaban J connectivity index is 2.58. The Labute approximate surface area is 85.1 Å². The summed E-state index contributed by atoms with van der Waals surface area (Å²) in [7, 11) is 0. The SMILES string of the molecule is Cc1ccsc1-c1nc(N)sc1C. The van der Waals surface area contributed by atoms with Crippen molar-refractivity contribution < 1.29 is 0 Å². The van der Waals surface area contributed by atoms with Crippen LogP contribution in [0.4, 0.5) is 5.13 Å². The van der Waals surface area contributed by atoms with Crippen molar-refractivity contribution in [2.75, 3.05) is 5.73 Å². The van der Waals surface area contributed by atoms with Gasteiger partial charge in [-0.05, 0) is 30.9 Å². The predicted octanol–water partition coefficient (Wildman–Crippen LogP) is 3.07. The number of thiazole rings is 1. The summed E-state index contributed by atoms with van der Waals surface area (Å²) in [5, 5.41) is 2.74. The van der Waals surface area contributed by atoms with Gasteiger partial charge in [0, 0.05) is 4.88 Å². The van der Waals surface area contributed by atoms with Crippen LogP contribution in [0.15, 0.2) is 11.4 Å². The summed E-state index contributed by atoms with van der Waals surface area (Å²) in [5.41, 5.74) is 7.97. The number of anilines is 1. The Morgan fingerprint density at radius 3 is 2.62 bits per heavy atom. The van der Waals surface area contributed by atoms with E-state index in [1.807, 2.05) is 0 Å².